The second-order valence-electron chi connectivity index (χ2n) is 5.61. The zero-order chi connectivity index (χ0) is 17.1. The summed E-state index contributed by atoms with van der Waals surface area (Å²) in [6, 6.07) is 10.5. The Labute approximate surface area is 138 Å². The molecule has 4 nitrogen and oxygen atoms in total. The molecule has 1 aliphatic rings. The van der Waals surface area contributed by atoms with Crippen LogP contribution in [-0.2, 0) is 16.0 Å². The maximum atomic E-state index is 14.1. The smallest absolute Gasteiger partial charge is 0.247 e. The van der Waals surface area contributed by atoms with Gasteiger partial charge in [0, 0.05) is 18.7 Å². The van der Waals surface area contributed by atoms with E-state index in [1.807, 2.05) is 0 Å². The van der Waals surface area contributed by atoms with Crippen LogP contribution in [0.2, 0.25) is 0 Å². The van der Waals surface area contributed by atoms with Crippen LogP contribution >= 0.6 is 0 Å². The number of benzene rings is 2. The Morgan fingerprint density at radius 1 is 1.12 bits per heavy atom. The monoisotopic (exact) mass is 330 g/mol. The van der Waals surface area contributed by atoms with Gasteiger partial charge in [-0.15, -0.1) is 0 Å². The van der Waals surface area contributed by atoms with Gasteiger partial charge in [-0.1, -0.05) is 30.3 Å². The topological polar surface area (TPSA) is 49.4 Å². The summed E-state index contributed by atoms with van der Waals surface area (Å²) in [4.78, 5) is 26.2. The summed E-state index contributed by atoms with van der Waals surface area (Å²) in [5, 5.41) is 2.66. The molecule has 2 aromatic carbocycles. The fourth-order valence-electron chi connectivity index (χ4n) is 2.82. The predicted octanol–water partition coefficient (Wildman–Crippen LogP) is 2.21. The summed E-state index contributed by atoms with van der Waals surface area (Å²) in [5.74, 6) is -1.62. The lowest BCUT2D eigenvalue weighted by molar-refractivity contribution is -0.143. The number of nitrogens with zero attached hydrogens (tertiary/aromatic N) is 1. The van der Waals surface area contributed by atoms with Crippen molar-refractivity contribution in [3.63, 3.8) is 0 Å². The minimum Gasteiger partial charge on any atom is -0.352 e. The van der Waals surface area contributed by atoms with Crippen molar-refractivity contribution in [3.05, 3.63) is 71.3 Å². The van der Waals surface area contributed by atoms with Gasteiger partial charge in [-0.2, -0.15) is 0 Å². The molecule has 0 saturated carbocycles. The average molecular weight is 330 g/mol. The van der Waals surface area contributed by atoms with Gasteiger partial charge in [0.15, 0.2) is 0 Å². The van der Waals surface area contributed by atoms with Crippen LogP contribution in [0.1, 0.15) is 17.2 Å². The molecule has 1 unspecified atom stereocenters. The largest absolute Gasteiger partial charge is 0.352 e. The number of hydrogen-bond donors (Lipinski definition) is 1. The van der Waals surface area contributed by atoms with E-state index in [1.54, 1.807) is 6.07 Å². The van der Waals surface area contributed by atoms with Gasteiger partial charge in [0.2, 0.25) is 11.8 Å². The van der Waals surface area contributed by atoms with Crippen molar-refractivity contribution in [3.8, 4) is 0 Å². The third-order valence-corrected chi connectivity index (χ3v) is 4.00. The maximum Gasteiger partial charge on any atom is 0.247 e. The molecule has 1 saturated heterocycles. The third kappa shape index (κ3) is 3.27. The first-order valence-electron chi connectivity index (χ1n) is 7.62. The second-order valence-corrected chi connectivity index (χ2v) is 5.61. The number of amides is 2. The Balaban J connectivity index is 1.86. The van der Waals surface area contributed by atoms with Crippen molar-refractivity contribution in [1.29, 1.82) is 0 Å². The molecule has 1 fully saturated rings. The molecular weight excluding hydrogens is 314 g/mol. The summed E-state index contributed by atoms with van der Waals surface area (Å²) in [6.07, 6.45) is 0.0263. The molecule has 3 rings (SSSR count). The van der Waals surface area contributed by atoms with Gasteiger partial charge in [0.25, 0.3) is 0 Å². The van der Waals surface area contributed by atoms with E-state index in [-0.39, 0.29) is 23.7 Å². The molecule has 0 radical (unpaired) electrons. The van der Waals surface area contributed by atoms with Crippen LogP contribution in [0.25, 0.3) is 0 Å². The quantitative estimate of drug-likeness (QED) is 0.938. The zero-order valence-electron chi connectivity index (χ0n) is 12.8. The molecular formula is C18H16F2N2O2. The molecule has 1 heterocycles. The molecule has 1 aliphatic heterocycles. The number of carbonyl (C=O) groups excluding carboxylic acids is 2. The van der Waals surface area contributed by atoms with Crippen LogP contribution in [0, 0.1) is 11.6 Å². The molecule has 2 amide bonds. The summed E-state index contributed by atoms with van der Waals surface area (Å²) < 4.78 is 27.1. The Hall–Kier alpha value is -2.76. The summed E-state index contributed by atoms with van der Waals surface area (Å²) in [5.41, 5.74) is 0.807. The number of hydrogen-bond acceptors (Lipinski definition) is 2. The Bertz CT molecular complexity index is 762. The van der Waals surface area contributed by atoms with Crippen molar-refractivity contribution in [2.45, 2.75) is 12.5 Å². The first-order valence-corrected chi connectivity index (χ1v) is 7.62. The number of halogens is 2. The van der Waals surface area contributed by atoms with Gasteiger partial charge < -0.3 is 10.2 Å². The Kier molecular flexibility index (Phi) is 4.55. The number of rotatable bonds is 3. The zero-order valence-corrected chi connectivity index (χ0v) is 12.8. The lowest BCUT2D eigenvalue weighted by Crippen LogP contribution is -2.52. The molecule has 124 valence electrons. The van der Waals surface area contributed by atoms with E-state index >= 15 is 0 Å². The van der Waals surface area contributed by atoms with E-state index in [1.165, 1.54) is 47.4 Å². The molecule has 24 heavy (non-hydrogen) atoms. The first kappa shape index (κ1) is 16.1. The van der Waals surface area contributed by atoms with Gasteiger partial charge >= 0.3 is 0 Å². The summed E-state index contributed by atoms with van der Waals surface area (Å²) >= 11 is 0. The minimum atomic E-state index is -0.993. The number of piperazine rings is 1. The van der Waals surface area contributed by atoms with Gasteiger partial charge in [-0.3, -0.25) is 9.59 Å². The van der Waals surface area contributed by atoms with Crippen LogP contribution in [0.4, 0.5) is 8.78 Å². The van der Waals surface area contributed by atoms with Crippen LogP contribution < -0.4 is 5.32 Å². The summed E-state index contributed by atoms with van der Waals surface area (Å²) in [6.45, 7) is 0.615. The fourth-order valence-corrected chi connectivity index (χ4v) is 2.82. The van der Waals surface area contributed by atoms with Crippen molar-refractivity contribution in [2.24, 2.45) is 0 Å². The van der Waals surface area contributed by atoms with E-state index in [9.17, 15) is 18.4 Å². The Morgan fingerprint density at radius 2 is 1.83 bits per heavy atom. The molecule has 1 N–H and O–H groups in total. The van der Waals surface area contributed by atoms with Crippen molar-refractivity contribution < 1.29 is 18.4 Å². The highest BCUT2D eigenvalue weighted by atomic mass is 19.1. The lowest BCUT2D eigenvalue weighted by atomic mass is 10.0. The van der Waals surface area contributed by atoms with Crippen LogP contribution in [-0.4, -0.2) is 29.8 Å². The van der Waals surface area contributed by atoms with Crippen molar-refractivity contribution >= 4 is 11.8 Å². The van der Waals surface area contributed by atoms with E-state index in [2.05, 4.69) is 5.32 Å². The highest BCUT2D eigenvalue weighted by Crippen LogP contribution is 2.26. The van der Waals surface area contributed by atoms with Gasteiger partial charge in [0.05, 0.1) is 6.42 Å². The van der Waals surface area contributed by atoms with Gasteiger partial charge in [0.1, 0.15) is 17.7 Å². The highest BCUT2D eigenvalue weighted by molar-refractivity contribution is 5.90. The van der Waals surface area contributed by atoms with E-state index < -0.39 is 17.8 Å². The summed E-state index contributed by atoms with van der Waals surface area (Å²) in [7, 11) is 0. The highest BCUT2D eigenvalue weighted by Gasteiger charge is 2.35. The van der Waals surface area contributed by atoms with Gasteiger partial charge in [-0.05, 0) is 23.8 Å². The normalized spacial score (nSPS) is 17.5. The molecule has 2 aromatic rings. The first-order chi connectivity index (χ1) is 11.6. The molecule has 6 heteroatoms. The van der Waals surface area contributed by atoms with E-state index in [0.717, 1.165) is 0 Å². The van der Waals surface area contributed by atoms with Crippen LogP contribution in [0.15, 0.2) is 48.5 Å². The standard InChI is InChI=1S/C18H16F2N2O2/c19-13-7-5-12(6-8-13)11-16(23)22-10-9-21-18(24)17(22)14-3-1-2-4-15(14)20/h1-8,17H,9-11H2,(H,21,24). The van der Waals surface area contributed by atoms with Crippen molar-refractivity contribution in [1.82, 2.24) is 10.2 Å². The lowest BCUT2D eigenvalue weighted by Gasteiger charge is -2.35. The third-order valence-electron chi connectivity index (χ3n) is 4.00. The minimum absolute atomic E-state index is 0.0263. The molecule has 0 aromatic heterocycles. The molecule has 1 atom stereocenters. The fraction of sp³-hybridized carbons (Fsp3) is 0.222. The molecule has 0 bridgehead atoms. The number of nitrogens with one attached hydrogen (secondary N) is 1. The van der Waals surface area contributed by atoms with Crippen LogP contribution in [0.5, 0.6) is 0 Å². The average Bonchev–Trinajstić information content (AvgIpc) is 2.57. The Morgan fingerprint density at radius 3 is 2.54 bits per heavy atom. The van der Waals surface area contributed by atoms with E-state index in [4.69, 9.17) is 0 Å². The molecule has 0 spiro atoms. The van der Waals surface area contributed by atoms with Crippen molar-refractivity contribution in [2.75, 3.05) is 13.1 Å². The number of carbonyl (C=O) groups is 2. The SMILES string of the molecule is O=C1NCCN(C(=O)Cc2ccc(F)cc2)C1c1ccccc1F. The second kappa shape index (κ2) is 6.78. The maximum absolute atomic E-state index is 14.1. The van der Waals surface area contributed by atoms with E-state index in [0.29, 0.717) is 18.7 Å². The molecule has 0 aliphatic carbocycles. The predicted molar refractivity (Wildman–Crippen MR) is 84.0 cm³/mol. The van der Waals surface area contributed by atoms with Crippen LogP contribution in [0.3, 0.4) is 0 Å². The van der Waals surface area contributed by atoms with Gasteiger partial charge in [-0.25, -0.2) is 8.78 Å².